The summed E-state index contributed by atoms with van der Waals surface area (Å²) in [6.45, 7) is 8.46. The molecule has 1 rings (SSSR count). The Hall–Kier alpha value is 0.170. The van der Waals surface area contributed by atoms with Crippen molar-refractivity contribution in [1.29, 1.82) is 0 Å². The van der Waals surface area contributed by atoms with E-state index in [1.807, 2.05) is 0 Å². The van der Waals surface area contributed by atoms with Crippen molar-refractivity contribution in [1.82, 2.24) is 10.2 Å². The van der Waals surface area contributed by atoms with Gasteiger partial charge in [0.05, 0.1) is 12.7 Å². The van der Waals surface area contributed by atoms with Crippen molar-refractivity contribution in [2.75, 3.05) is 33.3 Å². The van der Waals surface area contributed by atoms with Crippen LogP contribution in [0.3, 0.4) is 0 Å². The van der Waals surface area contributed by atoms with Crippen LogP contribution in [-0.2, 0) is 4.74 Å². The minimum absolute atomic E-state index is 0. The quantitative estimate of drug-likeness (QED) is 0.807. The lowest BCUT2D eigenvalue weighted by atomic mass is 10.1. The van der Waals surface area contributed by atoms with Gasteiger partial charge in [-0.15, -0.1) is 12.4 Å². The minimum Gasteiger partial charge on any atom is -0.377 e. The second kappa shape index (κ2) is 9.23. The van der Waals surface area contributed by atoms with Gasteiger partial charge in [0, 0.05) is 12.6 Å². The van der Waals surface area contributed by atoms with Crippen molar-refractivity contribution in [2.24, 2.45) is 0 Å². The van der Waals surface area contributed by atoms with Gasteiger partial charge in [0.25, 0.3) is 0 Å². The van der Waals surface area contributed by atoms with Crippen LogP contribution in [0.25, 0.3) is 0 Å². The lowest BCUT2D eigenvalue weighted by Crippen LogP contribution is -2.35. The Labute approximate surface area is 106 Å². The van der Waals surface area contributed by atoms with Gasteiger partial charge in [-0.2, -0.15) is 0 Å². The highest BCUT2D eigenvalue weighted by Crippen LogP contribution is 2.11. The van der Waals surface area contributed by atoms with Crippen LogP contribution in [0.5, 0.6) is 0 Å². The summed E-state index contributed by atoms with van der Waals surface area (Å²) >= 11 is 0. The average Bonchev–Trinajstić information content (AvgIpc) is 2.44. The van der Waals surface area contributed by atoms with Gasteiger partial charge < -0.3 is 15.0 Å². The van der Waals surface area contributed by atoms with Crippen molar-refractivity contribution in [3.8, 4) is 0 Å². The third kappa shape index (κ3) is 6.69. The van der Waals surface area contributed by atoms with E-state index in [9.17, 15) is 0 Å². The molecule has 0 saturated carbocycles. The van der Waals surface area contributed by atoms with Gasteiger partial charge in [-0.1, -0.05) is 0 Å². The maximum atomic E-state index is 5.58. The van der Waals surface area contributed by atoms with Crippen LogP contribution in [0.15, 0.2) is 0 Å². The predicted molar refractivity (Wildman–Crippen MR) is 71.5 cm³/mol. The first-order valence-electron chi connectivity index (χ1n) is 6.22. The first-order chi connectivity index (χ1) is 7.20. The number of rotatable bonds is 5. The summed E-state index contributed by atoms with van der Waals surface area (Å²) in [6, 6.07) is 0.746. The molecule has 1 saturated heterocycles. The summed E-state index contributed by atoms with van der Waals surface area (Å²) in [6.07, 6.45) is 4.26. The number of nitrogens with zero attached hydrogens (tertiary/aromatic N) is 1. The molecule has 1 unspecified atom stereocenters. The first kappa shape index (κ1) is 16.2. The smallest absolute Gasteiger partial charge is 0.0596 e. The molecule has 0 aromatic heterocycles. The van der Waals surface area contributed by atoms with Gasteiger partial charge >= 0.3 is 0 Å². The largest absolute Gasteiger partial charge is 0.377 e. The van der Waals surface area contributed by atoms with E-state index in [0.717, 1.165) is 19.2 Å². The number of ether oxygens (including phenoxy) is 1. The van der Waals surface area contributed by atoms with Gasteiger partial charge in [-0.3, -0.25) is 0 Å². The molecule has 0 aliphatic carbocycles. The van der Waals surface area contributed by atoms with Gasteiger partial charge in [0.1, 0.15) is 0 Å². The number of hydrogen-bond donors (Lipinski definition) is 1. The van der Waals surface area contributed by atoms with E-state index in [4.69, 9.17) is 4.74 Å². The van der Waals surface area contributed by atoms with Crippen molar-refractivity contribution in [3.63, 3.8) is 0 Å². The molecule has 4 heteroatoms. The molecule has 0 radical (unpaired) electrons. The maximum absolute atomic E-state index is 5.58. The van der Waals surface area contributed by atoms with Crippen LogP contribution in [-0.4, -0.2) is 50.3 Å². The van der Waals surface area contributed by atoms with Crippen LogP contribution in [0.2, 0.25) is 0 Å². The maximum Gasteiger partial charge on any atom is 0.0596 e. The van der Waals surface area contributed by atoms with Crippen molar-refractivity contribution in [3.05, 3.63) is 0 Å². The molecular weight excluding hydrogens is 224 g/mol. The second-order valence-corrected chi connectivity index (χ2v) is 4.73. The molecule has 1 N–H and O–H groups in total. The van der Waals surface area contributed by atoms with Crippen molar-refractivity contribution in [2.45, 2.75) is 45.3 Å². The van der Waals surface area contributed by atoms with Crippen LogP contribution in [0.4, 0.5) is 0 Å². The Morgan fingerprint density at radius 1 is 1.31 bits per heavy atom. The van der Waals surface area contributed by atoms with Gasteiger partial charge in [0.2, 0.25) is 0 Å². The van der Waals surface area contributed by atoms with E-state index in [1.54, 1.807) is 0 Å². The molecule has 1 aliphatic rings. The Morgan fingerprint density at radius 2 is 2.06 bits per heavy atom. The van der Waals surface area contributed by atoms with E-state index in [1.165, 1.54) is 32.4 Å². The van der Waals surface area contributed by atoms with Crippen molar-refractivity contribution < 1.29 is 4.74 Å². The molecular formula is C12H27ClN2O. The van der Waals surface area contributed by atoms with Crippen LogP contribution in [0.1, 0.15) is 33.1 Å². The van der Waals surface area contributed by atoms with Gasteiger partial charge in [-0.05, 0) is 53.2 Å². The van der Waals surface area contributed by atoms with Crippen molar-refractivity contribution >= 4 is 12.4 Å². The zero-order valence-corrected chi connectivity index (χ0v) is 11.7. The molecule has 0 aromatic rings. The molecule has 1 atom stereocenters. The highest BCUT2D eigenvalue weighted by Gasteiger charge is 2.16. The molecule has 16 heavy (non-hydrogen) atoms. The first-order valence-corrected chi connectivity index (χ1v) is 6.22. The highest BCUT2D eigenvalue weighted by atomic mass is 35.5. The summed E-state index contributed by atoms with van der Waals surface area (Å²) in [5.41, 5.74) is 0. The molecule has 0 spiro atoms. The molecule has 1 fully saturated rings. The number of likely N-dealkylation sites (N-methyl/N-ethyl adjacent to an activating group) is 1. The summed E-state index contributed by atoms with van der Waals surface area (Å²) in [4.78, 5) is 2.45. The van der Waals surface area contributed by atoms with Crippen LogP contribution < -0.4 is 5.32 Å². The zero-order chi connectivity index (χ0) is 11.1. The highest BCUT2D eigenvalue weighted by molar-refractivity contribution is 5.85. The second-order valence-electron chi connectivity index (χ2n) is 4.73. The number of nitrogens with one attached hydrogen (secondary N) is 1. The molecule has 1 aliphatic heterocycles. The summed E-state index contributed by atoms with van der Waals surface area (Å²) in [5.74, 6) is 0. The fraction of sp³-hybridized carbons (Fsp3) is 1.00. The summed E-state index contributed by atoms with van der Waals surface area (Å²) < 4.78 is 5.58. The third-order valence-corrected chi connectivity index (χ3v) is 3.06. The van der Waals surface area contributed by atoms with E-state index in [0.29, 0.717) is 6.10 Å². The third-order valence-electron chi connectivity index (χ3n) is 3.06. The molecule has 0 bridgehead atoms. The summed E-state index contributed by atoms with van der Waals surface area (Å²) in [5, 5.41) is 3.45. The Balaban J connectivity index is 0.00000225. The average molecular weight is 251 g/mol. The van der Waals surface area contributed by atoms with E-state index in [-0.39, 0.29) is 12.4 Å². The van der Waals surface area contributed by atoms with E-state index >= 15 is 0 Å². The topological polar surface area (TPSA) is 24.5 Å². The molecule has 1 heterocycles. The zero-order valence-electron chi connectivity index (χ0n) is 10.9. The SMILES string of the molecule is CC(C)OCCN(C)C1CCCNCC1.Cl. The minimum atomic E-state index is 0. The summed E-state index contributed by atoms with van der Waals surface area (Å²) in [7, 11) is 2.22. The van der Waals surface area contributed by atoms with Crippen LogP contribution >= 0.6 is 12.4 Å². The Morgan fingerprint density at radius 3 is 2.75 bits per heavy atom. The lowest BCUT2D eigenvalue weighted by molar-refractivity contribution is 0.0545. The Bertz CT molecular complexity index is 159. The van der Waals surface area contributed by atoms with Crippen LogP contribution in [0, 0.1) is 0 Å². The molecule has 0 amide bonds. The number of halogens is 1. The number of hydrogen-bond acceptors (Lipinski definition) is 3. The fourth-order valence-electron chi connectivity index (χ4n) is 2.06. The van der Waals surface area contributed by atoms with E-state index < -0.39 is 0 Å². The Kier molecular flexibility index (Phi) is 9.32. The van der Waals surface area contributed by atoms with Gasteiger partial charge in [0.15, 0.2) is 0 Å². The normalized spacial score (nSPS) is 21.9. The molecule has 0 aromatic carbocycles. The monoisotopic (exact) mass is 250 g/mol. The van der Waals surface area contributed by atoms with E-state index in [2.05, 4.69) is 31.1 Å². The lowest BCUT2D eigenvalue weighted by Gasteiger charge is -2.26. The van der Waals surface area contributed by atoms with Gasteiger partial charge in [-0.25, -0.2) is 0 Å². The fourth-order valence-corrected chi connectivity index (χ4v) is 2.06. The molecule has 98 valence electrons. The molecule has 3 nitrogen and oxygen atoms in total. The standard InChI is InChI=1S/C12H26N2O.ClH/c1-11(2)15-10-9-14(3)12-5-4-7-13-8-6-12;/h11-13H,4-10H2,1-3H3;1H. The predicted octanol–water partition coefficient (Wildman–Crippen LogP) is 1.91.